The van der Waals surface area contributed by atoms with Crippen LogP contribution >= 0.6 is 27.5 Å². The molecule has 0 aliphatic heterocycles. The molecular weight excluding hydrogens is 307 g/mol. The molecule has 1 heterocycles. The van der Waals surface area contributed by atoms with Gasteiger partial charge in [-0.15, -0.1) is 0 Å². The highest BCUT2D eigenvalue weighted by molar-refractivity contribution is 9.10. The molecule has 0 radical (unpaired) electrons. The number of anilines is 2. The summed E-state index contributed by atoms with van der Waals surface area (Å²) >= 11 is 9.04. The van der Waals surface area contributed by atoms with E-state index in [1.54, 1.807) is 36.4 Å². The van der Waals surface area contributed by atoms with Crippen molar-refractivity contribution < 1.29 is 9.21 Å². The number of furan rings is 1. The Bertz CT molecular complexity index is 542. The molecule has 0 unspecified atom stereocenters. The molecule has 2 amide bonds. The fourth-order valence-electron chi connectivity index (χ4n) is 1.21. The van der Waals surface area contributed by atoms with Gasteiger partial charge in [0.15, 0.2) is 4.67 Å². The number of halogens is 2. The molecule has 1 aromatic heterocycles. The number of amides is 2. The van der Waals surface area contributed by atoms with Gasteiger partial charge in [0.05, 0.1) is 10.7 Å². The maximum atomic E-state index is 11.6. The summed E-state index contributed by atoms with van der Waals surface area (Å²) in [5.74, 6) is 0.349. The molecule has 1 aromatic carbocycles. The Morgan fingerprint density at radius 2 is 1.94 bits per heavy atom. The van der Waals surface area contributed by atoms with E-state index < -0.39 is 6.03 Å². The minimum Gasteiger partial charge on any atom is -0.434 e. The number of rotatable bonds is 2. The molecule has 0 fully saturated rings. The SMILES string of the molecule is O=C(Nc1ccc(Br)o1)Nc1ccccc1Cl. The van der Waals surface area contributed by atoms with Crippen LogP contribution in [0.2, 0.25) is 5.02 Å². The molecule has 0 saturated carbocycles. The van der Waals surface area contributed by atoms with Gasteiger partial charge in [0, 0.05) is 6.07 Å². The van der Waals surface area contributed by atoms with Crippen molar-refractivity contribution in [2.45, 2.75) is 0 Å². The lowest BCUT2D eigenvalue weighted by atomic mass is 10.3. The molecule has 88 valence electrons. The lowest BCUT2D eigenvalue weighted by Crippen LogP contribution is -2.19. The molecule has 0 bridgehead atoms. The Balaban J connectivity index is 2.01. The van der Waals surface area contributed by atoms with Crippen LogP contribution in [0.15, 0.2) is 45.5 Å². The van der Waals surface area contributed by atoms with Gasteiger partial charge in [0.1, 0.15) is 0 Å². The van der Waals surface area contributed by atoms with Gasteiger partial charge in [-0.3, -0.25) is 5.32 Å². The first-order valence-electron chi connectivity index (χ1n) is 4.73. The number of benzene rings is 1. The van der Waals surface area contributed by atoms with Crippen LogP contribution in [0, 0.1) is 0 Å². The molecule has 6 heteroatoms. The first kappa shape index (κ1) is 12.0. The van der Waals surface area contributed by atoms with Crippen molar-refractivity contribution in [3.05, 3.63) is 46.1 Å². The number of nitrogens with one attached hydrogen (secondary N) is 2. The Morgan fingerprint density at radius 1 is 1.18 bits per heavy atom. The smallest absolute Gasteiger partial charge is 0.326 e. The van der Waals surface area contributed by atoms with E-state index in [0.717, 1.165) is 0 Å². The summed E-state index contributed by atoms with van der Waals surface area (Å²) in [7, 11) is 0. The fourth-order valence-corrected chi connectivity index (χ4v) is 1.70. The zero-order chi connectivity index (χ0) is 12.3. The van der Waals surface area contributed by atoms with Crippen LogP contribution in [0.4, 0.5) is 16.4 Å². The van der Waals surface area contributed by atoms with E-state index in [0.29, 0.717) is 21.3 Å². The first-order chi connectivity index (χ1) is 8.15. The van der Waals surface area contributed by atoms with Crippen molar-refractivity contribution in [1.29, 1.82) is 0 Å². The van der Waals surface area contributed by atoms with Crippen LogP contribution in [0.5, 0.6) is 0 Å². The van der Waals surface area contributed by atoms with Gasteiger partial charge in [0.2, 0.25) is 5.88 Å². The van der Waals surface area contributed by atoms with Crippen molar-refractivity contribution >= 4 is 45.1 Å². The number of carbonyl (C=O) groups is 1. The second-order valence-corrected chi connectivity index (χ2v) is 4.35. The summed E-state index contributed by atoms with van der Waals surface area (Å²) in [5.41, 5.74) is 0.539. The highest BCUT2D eigenvalue weighted by Gasteiger charge is 2.07. The topological polar surface area (TPSA) is 54.3 Å². The quantitative estimate of drug-likeness (QED) is 0.866. The number of hydrogen-bond donors (Lipinski definition) is 2. The van der Waals surface area contributed by atoms with Crippen molar-refractivity contribution in [1.82, 2.24) is 0 Å². The van der Waals surface area contributed by atoms with Gasteiger partial charge in [-0.1, -0.05) is 23.7 Å². The number of carbonyl (C=O) groups excluding carboxylic acids is 1. The van der Waals surface area contributed by atoms with Gasteiger partial charge >= 0.3 is 6.03 Å². The fraction of sp³-hybridized carbons (Fsp3) is 0. The van der Waals surface area contributed by atoms with E-state index in [4.69, 9.17) is 16.0 Å². The second-order valence-electron chi connectivity index (χ2n) is 3.16. The molecule has 0 aliphatic carbocycles. The van der Waals surface area contributed by atoms with E-state index in [9.17, 15) is 4.79 Å². The van der Waals surface area contributed by atoms with E-state index in [1.165, 1.54) is 0 Å². The number of para-hydroxylation sites is 1. The molecule has 4 nitrogen and oxygen atoms in total. The third kappa shape index (κ3) is 3.25. The normalized spacial score (nSPS) is 10.0. The van der Waals surface area contributed by atoms with Gasteiger partial charge in [-0.05, 0) is 34.1 Å². The zero-order valence-electron chi connectivity index (χ0n) is 8.54. The minimum absolute atomic E-state index is 0.349. The summed E-state index contributed by atoms with van der Waals surface area (Å²) in [4.78, 5) is 11.6. The van der Waals surface area contributed by atoms with Crippen LogP contribution in [-0.2, 0) is 0 Å². The van der Waals surface area contributed by atoms with Crippen molar-refractivity contribution in [2.24, 2.45) is 0 Å². The highest BCUT2D eigenvalue weighted by Crippen LogP contribution is 2.21. The van der Waals surface area contributed by atoms with Gasteiger partial charge < -0.3 is 9.73 Å². The Labute approximate surface area is 111 Å². The van der Waals surface area contributed by atoms with Crippen molar-refractivity contribution in [2.75, 3.05) is 10.6 Å². The van der Waals surface area contributed by atoms with Crippen LogP contribution in [-0.4, -0.2) is 6.03 Å². The molecule has 0 saturated heterocycles. The van der Waals surface area contributed by atoms with Gasteiger partial charge in [0.25, 0.3) is 0 Å². The molecule has 2 rings (SSSR count). The zero-order valence-corrected chi connectivity index (χ0v) is 10.9. The van der Waals surface area contributed by atoms with E-state index in [1.807, 2.05) is 0 Å². The van der Waals surface area contributed by atoms with Crippen LogP contribution in [0.3, 0.4) is 0 Å². The summed E-state index contributed by atoms with van der Waals surface area (Å²) in [5, 5.41) is 5.62. The van der Waals surface area contributed by atoms with Crippen molar-refractivity contribution in [3.63, 3.8) is 0 Å². The standard InChI is InChI=1S/C11H8BrClN2O2/c12-9-5-6-10(17-9)15-11(16)14-8-4-2-1-3-7(8)13/h1-6H,(H2,14,15,16). The summed E-state index contributed by atoms with van der Waals surface area (Å²) in [6, 6.07) is 9.88. The molecule has 0 spiro atoms. The van der Waals surface area contributed by atoms with E-state index >= 15 is 0 Å². The van der Waals surface area contributed by atoms with Crippen LogP contribution < -0.4 is 10.6 Å². The second kappa shape index (κ2) is 5.25. The Hall–Kier alpha value is -1.46. The molecule has 0 aliphatic rings. The van der Waals surface area contributed by atoms with Crippen LogP contribution in [0.25, 0.3) is 0 Å². The maximum Gasteiger partial charge on any atom is 0.326 e. The van der Waals surface area contributed by atoms with E-state index in [2.05, 4.69) is 26.6 Å². The number of hydrogen-bond acceptors (Lipinski definition) is 2. The molecule has 17 heavy (non-hydrogen) atoms. The van der Waals surface area contributed by atoms with Crippen molar-refractivity contribution in [3.8, 4) is 0 Å². The average molecular weight is 316 g/mol. The Morgan fingerprint density at radius 3 is 2.59 bits per heavy atom. The lowest BCUT2D eigenvalue weighted by molar-refractivity contribution is 0.261. The average Bonchev–Trinajstić information content (AvgIpc) is 2.67. The molecule has 2 aromatic rings. The maximum absolute atomic E-state index is 11.6. The van der Waals surface area contributed by atoms with Gasteiger partial charge in [-0.2, -0.15) is 0 Å². The predicted octanol–water partition coefficient (Wildman–Crippen LogP) is 4.34. The lowest BCUT2D eigenvalue weighted by Gasteiger charge is -2.06. The van der Waals surface area contributed by atoms with Gasteiger partial charge in [-0.25, -0.2) is 4.79 Å². The summed E-state index contributed by atoms with van der Waals surface area (Å²) in [6.45, 7) is 0. The Kier molecular flexibility index (Phi) is 3.71. The first-order valence-corrected chi connectivity index (χ1v) is 5.90. The monoisotopic (exact) mass is 314 g/mol. The largest absolute Gasteiger partial charge is 0.434 e. The molecule has 0 atom stereocenters. The number of urea groups is 1. The molecular formula is C11H8BrClN2O2. The highest BCUT2D eigenvalue weighted by atomic mass is 79.9. The third-order valence-corrected chi connectivity index (χ3v) is 2.69. The van der Waals surface area contributed by atoms with E-state index in [-0.39, 0.29) is 0 Å². The van der Waals surface area contributed by atoms with Crippen LogP contribution in [0.1, 0.15) is 0 Å². The molecule has 2 N–H and O–H groups in total. The predicted molar refractivity (Wildman–Crippen MR) is 70.5 cm³/mol. The summed E-state index contributed by atoms with van der Waals surface area (Å²) in [6.07, 6.45) is 0. The minimum atomic E-state index is -0.417. The summed E-state index contributed by atoms with van der Waals surface area (Å²) < 4.78 is 5.68. The third-order valence-electron chi connectivity index (χ3n) is 1.93.